The van der Waals surface area contributed by atoms with E-state index in [1.165, 1.54) is 6.07 Å². The highest BCUT2D eigenvalue weighted by Gasteiger charge is 2.32. The number of carbonyl (C=O) groups excluding carboxylic acids is 1. The van der Waals surface area contributed by atoms with Crippen molar-refractivity contribution >= 4 is 5.97 Å². The third-order valence-corrected chi connectivity index (χ3v) is 4.74. The quantitative estimate of drug-likeness (QED) is 0.683. The lowest BCUT2D eigenvalue weighted by molar-refractivity contribution is -0.150. The SMILES string of the molecule is CCOC(=O)C(CC)C1CCC(c2cccc(OC(F)F)n2)CC1. The number of nitrogens with zero attached hydrogens (tertiary/aromatic N) is 1. The van der Waals surface area contributed by atoms with Gasteiger partial charge in [0.25, 0.3) is 0 Å². The largest absolute Gasteiger partial charge is 0.466 e. The van der Waals surface area contributed by atoms with Crippen LogP contribution in [-0.4, -0.2) is 24.2 Å². The van der Waals surface area contributed by atoms with Crippen LogP contribution < -0.4 is 4.74 Å². The molecule has 1 atom stereocenters. The van der Waals surface area contributed by atoms with Crippen LogP contribution in [0.1, 0.15) is 57.6 Å². The van der Waals surface area contributed by atoms with E-state index < -0.39 is 6.61 Å². The van der Waals surface area contributed by atoms with E-state index in [2.05, 4.69) is 9.72 Å². The molecule has 1 saturated carbocycles. The van der Waals surface area contributed by atoms with Crippen LogP contribution in [0.4, 0.5) is 8.78 Å². The van der Waals surface area contributed by atoms with Gasteiger partial charge in [0.05, 0.1) is 12.5 Å². The highest BCUT2D eigenvalue weighted by molar-refractivity contribution is 5.72. The molecule has 0 aliphatic heterocycles. The lowest BCUT2D eigenvalue weighted by Gasteiger charge is -2.32. The van der Waals surface area contributed by atoms with Crippen LogP contribution in [0.2, 0.25) is 0 Å². The van der Waals surface area contributed by atoms with Gasteiger partial charge in [0, 0.05) is 17.7 Å². The van der Waals surface area contributed by atoms with Gasteiger partial charge in [0.2, 0.25) is 5.88 Å². The molecule has 0 spiro atoms. The van der Waals surface area contributed by atoms with Crippen LogP contribution in [0.15, 0.2) is 18.2 Å². The number of carbonyl (C=O) groups is 1. The third kappa shape index (κ3) is 4.89. The van der Waals surface area contributed by atoms with E-state index >= 15 is 0 Å². The summed E-state index contributed by atoms with van der Waals surface area (Å²) < 4.78 is 34.2. The van der Waals surface area contributed by atoms with E-state index in [9.17, 15) is 13.6 Å². The second-order valence-corrected chi connectivity index (χ2v) is 6.16. The number of hydrogen-bond acceptors (Lipinski definition) is 4. The predicted molar refractivity (Wildman–Crippen MR) is 86.0 cm³/mol. The smallest absolute Gasteiger partial charge is 0.388 e. The summed E-state index contributed by atoms with van der Waals surface area (Å²) in [5.41, 5.74) is 0.788. The molecule has 1 aliphatic carbocycles. The summed E-state index contributed by atoms with van der Waals surface area (Å²) in [7, 11) is 0. The number of hydrogen-bond donors (Lipinski definition) is 0. The molecule has 0 saturated heterocycles. The molecule has 0 aromatic carbocycles. The summed E-state index contributed by atoms with van der Waals surface area (Å²) in [6.45, 7) is 1.38. The molecule has 1 aromatic heterocycles. The average molecular weight is 341 g/mol. The van der Waals surface area contributed by atoms with Gasteiger partial charge < -0.3 is 9.47 Å². The lowest BCUT2D eigenvalue weighted by Crippen LogP contribution is -2.28. The van der Waals surface area contributed by atoms with Gasteiger partial charge >= 0.3 is 12.6 Å². The van der Waals surface area contributed by atoms with Crippen molar-refractivity contribution in [3.63, 3.8) is 0 Å². The van der Waals surface area contributed by atoms with E-state index in [-0.39, 0.29) is 23.7 Å². The topological polar surface area (TPSA) is 48.4 Å². The molecular weight excluding hydrogens is 316 g/mol. The van der Waals surface area contributed by atoms with Crippen LogP contribution in [0, 0.1) is 11.8 Å². The molecule has 0 N–H and O–H groups in total. The van der Waals surface area contributed by atoms with Crippen molar-refractivity contribution in [3.05, 3.63) is 23.9 Å². The maximum Gasteiger partial charge on any atom is 0.388 e. The second-order valence-electron chi connectivity index (χ2n) is 6.16. The number of halogens is 2. The minimum absolute atomic E-state index is 0.0393. The van der Waals surface area contributed by atoms with E-state index in [1.807, 2.05) is 19.9 Å². The van der Waals surface area contributed by atoms with Gasteiger partial charge in [0.1, 0.15) is 0 Å². The predicted octanol–water partition coefficient (Wildman–Crippen LogP) is 4.55. The summed E-state index contributed by atoms with van der Waals surface area (Å²) in [4.78, 5) is 16.2. The first-order chi connectivity index (χ1) is 11.5. The Bertz CT molecular complexity index is 531. The number of rotatable bonds is 7. The van der Waals surface area contributed by atoms with Gasteiger partial charge in [-0.2, -0.15) is 8.78 Å². The van der Waals surface area contributed by atoms with Crippen molar-refractivity contribution in [2.45, 2.75) is 58.5 Å². The number of ether oxygens (including phenoxy) is 2. The van der Waals surface area contributed by atoms with Crippen LogP contribution in [0.5, 0.6) is 5.88 Å². The zero-order valence-corrected chi connectivity index (χ0v) is 14.2. The molecule has 4 nitrogen and oxygen atoms in total. The minimum atomic E-state index is -2.86. The van der Waals surface area contributed by atoms with Crippen molar-refractivity contribution in [3.8, 4) is 5.88 Å². The zero-order chi connectivity index (χ0) is 17.5. The zero-order valence-electron chi connectivity index (χ0n) is 14.2. The standard InChI is InChI=1S/C18H25F2NO3/c1-3-14(17(22)23-4-2)12-8-10-13(11-9-12)15-6-5-7-16(21-15)24-18(19)20/h5-7,12-14,18H,3-4,8-11H2,1-2H3. The van der Waals surface area contributed by atoms with Gasteiger partial charge in [-0.05, 0) is 51.0 Å². The molecule has 1 heterocycles. The van der Waals surface area contributed by atoms with Gasteiger partial charge in [-0.1, -0.05) is 13.0 Å². The Morgan fingerprint density at radius 3 is 2.54 bits per heavy atom. The summed E-state index contributed by atoms with van der Waals surface area (Å²) >= 11 is 0. The highest BCUT2D eigenvalue weighted by Crippen LogP contribution is 2.39. The molecule has 24 heavy (non-hydrogen) atoms. The summed E-state index contributed by atoms with van der Waals surface area (Å²) in [6, 6.07) is 4.99. The molecule has 2 rings (SSSR count). The Balaban J connectivity index is 1.95. The summed E-state index contributed by atoms with van der Waals surface area (Å²) in [6.07, 6.45) is 4.41. The Kier molecular flexibility index (Phi) is 6.94. The molecule has 1 fully saturated rings. The van der Waals surface area contributed by atoms with Crippen molar-refractivity contribution in [2.75, 3.05) is 6.61 Å². The van der Waals surface area contributed by atoms with Gasteiger partial charge in [-0.25, -0.2) is 4.98 Å². The van der Waals surface area contributed by atoms with Crippen LogP contribution in [0.25, 0.3) is 0 Å². The highest BCUT2D eigenvalue weighted by atomic mass is 19.3. The first-order valence-corrected chi connectivity index (χ1v) is 8.63. The maximum atomic E-state index is 12.3. The molecule has 0 amide bonds. The molecule has 0 bridgehead atoms. The number of alkyl halides is 2. The minimum Gasteiger partial charge on any atom is -0.466 e. The summed E-state index contributed by atoms with van der Waals surface area (Å²) in [5.74, 6) is 0.358. The van der Waals surface area contributed by atoms with Crippen molar-refractivity contribution in [2.24, 2.45) is 11.8 Å². The van der Waals surface area contributed by atoms with E-state index in [1.54, 1.807) is 6.07 Å². The Morgan fingerprint density at radius 1 is 1.25 bits per heavy atom. The van der Waals surface area contributed by atoms with Crippen LogP contribution in [0.3, 0.4) is 0 Å². The van der Waals surface area contributed by atoms with E-state index in [0.717, 1.165) is 37.8 Å². The fraction of sp³-hybridized carbons (Fsp3) is 0.667. The fourth-order valence-electron chi connectivity index (χ4n) is 3.57. The van der Waals surface area contributed by atoms with E-state index in [0.29, 0.717) is 12.5 Å². The summed E-state index contributed by atoms with van der Waals surface area (Å²) in [5, 5.41) is 0. The molecule has 1 unspecified atom stereocenters. The Hall–Kier alpha value is -1.72. The molecule has 6 heteroatoms. The fourth-order valence-corrected chi connectivity index (χ4v) is 3.57. The lowest BCUT2D eigenvalue weighted by atomic mass is 9.74. The third-order valence-electron chi connectivity index (χ3n) is 4.74. The Labute approximate surface area is 141 Å². The van der Waals surface area contributed by atoms with Crippen molar-refractivity contribution < 1.29 is 23.0 Å². The van der Waals surface area contributed by atoms with Crippen LogP contribution >= 0.6 is 0 Å². The molecule has 1 aliphatic rings. The first-order valence-electron chi connectivity index (χ1n) is 8.63. The van der Waals surface area contributed by atoms with Crippen molar-refractivity contribution in [1.29, 1.82) is 0 Å². The number of pyridine rings is 1. The van der Waals surface area contributed by atoms with Crippen molar-refractivity contribution in [1.82, 2.24) is 4.98 Å². The number of aromatic nitrogens is 1. The van der Waals surface area contributed by atoms with E-state index in [4.69, 9.17) is 4.74 Å². The monoisotopic (exact) mass is 341 g/mol. The van der Waals surface area contributed by atoms with Gasteiger partial charge in [0.15, 0.2) is 0 Å². The second kappa shape index (κ2) is 8.94. The van der Waals surface area contributed by atoms with Gasteiger partial charge in [-0.3, -0.25) is 4.79 Å². The average Bonchev–Trinajstić information content (AvgIpc) is 2.56. The molecule has 1 aromatic rings. The maximum absolute atomic E-state index is 12.3. The molecule has 0 radical (unpaired) electrons. The molecule has 134 valence electrons. The number of esters is 1. The normalized spacial score (nSPS) is 22.2. The van der Waals surface area contributed by atoms with Crippen LogP contribution in [-0.2, 0) is 9.53 Å². The molecular formula is C18H25F2NO3. The Morgan fingerprint density at radius 2 is 1.96 bits per heavy atom. The first kappa shape index (κ1) is 18.6. The van der Waals surface area contributed by atoms with Gasteiger partial charge in [-0.15, -0.1) is 0 Å².